The quantitative estimate of drug-likeness (QED) is 0.759. The number of hydrogen-bond acceptors (Lipinski definition) is 4. The van der Waals surface area contributed by atoms with Gasteiger partial charge in [-0.1, -0.05) is 24.3 Å². The summed E-state index contributed by atoms with van der Waals surface area (Å²) in [5, 5.41) is 10.3. The maximum absolute atomic E-state index is 12.4. The Hall–Kier alpha value is -2.59. The van der Waals surface area contributed by atoms with Crippen LogP contribution in [0.4, 0.5) is 0 Å². The van der Waals surface area contributed by atoms with Crippen molar-refractivity contribution < 1.29 is 19.4 Å². The van der Waals surface area contributed by atoms with Crippen LogP contribution in [-0.4, -0.2) is 24.1 Å². The highest BCUT2D eigenvalue weighted by molar-refractivity contribution is 6.00. The largest absolute Gasteiger partial charge is 0.490 e. The molecule has 2 aromatic carbocycles. The third kappa shape index (κ3) is 3.18. The molecule has 4 nitrogen and oxygen atoms in total. The summed E-state index contributed by atoms with van der Waals surface area (Å²) in [6.45, 7) is 0.792. The molecule has 0 radical (unpaired) electrons. The highest BCUT2D eigenvalue weighted by Gasteiger charge is 2.20. The van der Waals surface area contributed by atoms with Gasteiger partial charge in [0, 0.05) is 5.56 Å². The molecule has 1 atom stereocenters. The molecule has 0 aliphatic carbocycles. The zero-order chi connectivity index (χ0) is 15.4. The van der Waals surface area contributed by atoms with E-state index in [0.29, 0.717) is 35.8 Å². The van der Waals surface area contributed by atoms with Gasteiger partial charge in [0.1, 0.15) is 30.8 Å². The fourth-order valence-corrected chi connectivity index (χ4v) is 2.25. The molecule has 4 bridgehead atoms. The smallest absolute Gasteiger partial charge is 0.195 e. The average molecular weight is 296 g/mol. The number of fused-ring (bicyclic) bond motifs is 4. The Morgan fingerprint density at radius 2 is 1.55 bits per heavy atom. The first-order valence-electron chi connectivity index (χ1n) is 7.07. The summed E-state index contributed by atoms with van der Waals surface area (Å²) in [5.74, 6) is 0.838. The number of benzene rings is 2. The number of Topliss-reactive ketones (excluding diaryl/α,β-unsaturated/α-hetero) is 1. The van der Waals surface area contributed by atoms with Crippen molar-refractivity contribution in [2.24, 2.45) is 0 Å². The van der Waals surface area contributed by atoms with Crippen LogP contribution in [0.3, 0.4) is 0 Å². The first-order valence-corrected chi connectivity index (χ1v) is 7.07. The second kappa shape index (κ2) is 6.45. The molecule has 1 unspecified atom stereocenters. The van der Waals surface area contributed by atoms with Gasteiger partial charge in [0.2, 0.25) is 0 Å². The molecule has 0 amide bonds. The van der Waals surface area contributed by atoms with Gasteiger partial charge >= 0.3 is 0 Å². The van der Waals surface area contributed by atoms with Gasteiger partial charge in [-0.2, -0.15) is 0 Å². The number of aliphatic hydroxyl groups excluding tert-OH is 1. The van der Waals surface area contributed by atoms with Crippen LogP contribution < -0.4 is 9.47 Å². The van der Waals surface area contributed by atoms with E-state index in [1.165, 1.54) is 0 Å². The minimum atomic E-state index is -1.22. The fraction of sp³-hybridized carbons (Fsp3) is 0.167. The van der Waals surface area contributed by atoms with Crippen molar-refractivity contribution >= 4 is 5.78 Å². The van der Waals surface area contributed by atoms with Crippen molar-refractivity contribution in [2.45, 2.75) is 6.10 Å². The summed E-state index contributed by atoms with van der Waals surface area (Å²) in [5.41, 5.74) is 0.923. The molecular formula is C18H16O4. The third-order valence-corrected chi connectivity index (χ3v) is 3.40. The summed E-state index contributed by atoms with van der Waals surface area (Å²) >= 11 is 0. The molecule has 0 saturated carbocycles. The Kier molecular flexibility index (Phi) is 4.21. The van der Waals surface area contributed by atoms with E-state index in [-0.39, 0.29) is 5.78 Å². The molecule has 0 fully saturated rings. The van der Waals surface area contributed by atoms with Gasteiger partial charge in [0.25, 0.3) is 0 Å². The molecular weight excluding hydrogens is 280 g/mol. The Bertz CT molecular complexity index is 706. The maximum Gasteiger partial charge on any atom is 0.195 e. The summed E-state index contributed by atoms with van der Waals surface area (Å²) in [6, 6.07) is 13.8. The number of ether oxygens (including phenoxy) is 2. The summed E-state index contributed by atoms with van der Waals surface area (Å²) in [4.78, 5) is 12.4. The minimum Gasteiger partial charge on any atom is -0.490 e. The number of hydrogen-bond donors (Lipinski definition) is 1. The predicted octanol–water partition coefficient (Wildman–Crippen LogP) is 2.93. The molecule has 1 N–H and O–H groups in total. The van der Waals surface area contributed by atoms with E-state index < -0.39 is 6.10 Å². The number of carbonyl (C=O) groups is 1. The van der Waals surface area contributed by atoms with Gasteiger partial charge in [-0.05, 0) is 42.0 Å². The second-order valence-corrected chi connectivity index (χ2v) is 4.96. The van der Waals surface area contributed by atoms with E-state index in [4.69, 9.17) is 9.47 Å². The van der Waals surface area contributed by atoms with Crippen LogP contribution in [0.2, 0.25) is 0 Å². The molecule has 1 aliphatic heterocycles. The summed E-state index contributed by atoms with van der Waals surface area (Å²) in [6.07, 6.45) is 2.50. The van der Waals surface area contributed by atoms with Crippen LogP contribution in [0.1, 0.15) is 22.0 Å². The minimum absolute atomic E-state index is 0.366. The highest BCUT2D eigenvalue weighted by atomic mass is 16.5. The standard InChI is InChI=1S/C18H16O4/c19-17-13-5-3-7-15(11-13)21-9-1-2-10-22-16-8-4-6-14(12-16)18(17)20/h1-8,11-12,17,19H,9-10H2/b2-1+. The lowest BCUT2D eigenvalue weighted by molar-refractivity contribution is 0.0746. The molecule has 0 aromatic heterocycles. The lowest BCUT2D eigenvalue weighted by Crippen LogP contribution is -2.13. The molecule has 1 heterocycles. The molecule has 112 valence electrons. The lowest BCUT2D eigenvalue weighted by Gasteiger charge is -2.13. The van der Waals surface area contributed by atoms with Crippen molar-refractivity contribution in [1.82, 2.24) is 0 Å². The van der Waals surface area contributed by atoms with Crippen molar-refractivity contribution in [2.75, 3.05) is 13.2 Å². The van der Waals surface area contributed by atoms with E-state index in [1.54, 1.807) is 48.5 Å². The first kappa shape index (κ1) is 14.4. The van der Waals surface area contributed by atoms with E-state index in [2.05, 4.69) is 0 Å². The maximum atomic E-state index is 12.4. The van der Waals surface area contributed by atoms with E-state index in [0.717, 1.165) is 0 Å². The van der Waals surface area contributed by atoms with Crippen LogP contribution in [-0.2, 0) is 0 Å². The van der Waals surface area contributed by atoms with Crippen molar-refractivity contribution in [1.29, 1.82) is 0 Å². The van der Waals surface area contributed by atoms with Crippen LogP contribution in [0.5, 0.6) is 11.5 Å². The molecule has 0 spiro atoms. The van der Waals surface area contributed by atoms with Crippen molar-refractivity contribution in [3.63, 3.8) is 0 Å². The van der Waals surface area contributed by atoms with Gasteiger partial charge in [-0.25, -0.2) is 0 Å². The molecule has 3 rings (SSSR count). The topological polar surface area (TPSA) is 55.8 Å². The van der Waals surface area contributed by atoms with E-state index >= 15 is 0 Å². The van der Waals surface area contributed by atoms with Gasteiger partial charge in [-0.15, -0.1) is 0 Å². The Balaban J connectivity index is 1.99. The Morgan fingerprint density at radius 1 is 0.909 bits per heavy atom. The SMILES string of the molecule is O=C1c2cccc(c2)OC/C=C/COc2cccc(c2)C1O. The number of ketones is 1. The number of carbonyl (C=O) groups excluding carboxylic acids is 1. The molecule has 2 aromatic rings. The van der Waals surface area contributed by atoms with Gasteiger partial charge in [-0.3, -0.25) is 4.79 Å². The summed E-state index contributed by atoms with van der Waals surface area (Å²) in [7, 11) is 0. The highest BCUT2D eigenvalue weighted by Crippen LogP contribution is 2.24. The zero-order valence-electron chi connectivity index (χ0n) is 11.9. The predicted molar refractivity (Wildman–Crippen MR) is 82.3 cm³/mol. The van der Waals surface area contributed by atoms with E-state index in [9.17, 15) is 9.90 Å². The molecule has 1 aliphatic rings. The first-order chi connectivity index (χ1) is 10.7. The molecule has 22 heavy (non-hydrogen) atoms. The molecule has 0 saturated heterocycles. The second-order valence-electron chi connectivity index (χ2n) is 4.96. The van der Waals surface area contributed by atoms with Gasteiger partial charge < -0.3 is 14.6 Å². The number of rotatable bonds is 0. The lowest BCUT2D eigenvalue weighted by atomic mass is 9.99. The van der Waals surface area contributed by atoms with E-state index in [1.807, 2.05) is 12.2 Å². The fourth-order valence-electron chi connectivity index (χ4n) is 2.25. The van der Waals surface area contributed by atoms with Crippen molar-refractivity contribution in [3.8, 4) is 11.5 Å². The van der Waals surface area contributed by atoms with Crippen LogP contribution in [0, 0.1) is 0 Å². The Labute approximate surface area is 128 Å². The normalized spacial score (nSPS) is 19.5. The molecule has 4 heteroatoms. The summed E-state index contributed by atoms with van der Waals surface area (Å²) < 4.78 is 11.1. The zero-order valence-corrected chi connectivity index (χ0v) is 11.9. The Morgan fingerprint density at radius 3 is 2.27 bits per heavy atom. The van der Waals surface area contributed by atoms with Crippen LogP contribution in [0.25, 0.3) is 0 Å². The van der Waals surface area contributed by atoms with Gasteiger partial charge in [0.15, 0.2) is 5.78 Å². The van der Waals surface area contributed by atoms with Crippen molar-refractivity contribution in [3.05, 3.63) is 71.8 Å². The van der Waals surface area contributed by atoms with Crippen LogP contribution >= 0.6 is 0 Å². The number of aliphatic hydroxyl groups is 1. The van der Waals surface area contributed by atoms with Gasteiger partial charge in [0.05, 0.1) is 0 Å². The monoisotopic (exact) mass is 296 g/mol. The average Bonchev–Trinajstić information content (AvgIpc) is 2.56. The van der Waals surface area contributed by atoms with Crippen LogP contribution in [0.15, 0.2) is 60.7 Å². The third-order valence-electron chi connectivity index (χ3n) is 3.40.